The van der Waals surface area contributed by atoms with E-state index in [4.69, 9.17) is 5.73 Å². The number of hydrogen-bond acceptors (Lipinski definition) is 7. The van der Waals surface area contributed by atoms with Crippen molar-refractivity contribution in [3.8, 4) is 0 Å². The van der Waals surface area contributed by atoms with Crippen LogP contribution in [0.5, 0.6) is 0 Å². The Hall–Kier alpha value is -2.59. The highest BCUT2D eigenvalue weighted by atomic mass is 32.2. The third kappa shape index (κ3) is 4.58. The minimum Gasteiger partial charge on any atom is -0.383 e. The standard InChI is InChI=1S/C17H20FN5O3S/c1-27(25,26)23-8-6-13(7-9-23)21-17-20-10-14(16(19)22-17)15(24)11-2-4-12(18)5-3-11/h2-5,10,13H,6-9H2,1H3,(H3,19,20,21,22). The summed E-state index contributed by atoms with van der Waals surface area (Å²) >= 11 is 0. The molecule has 1 aliphatic heterocycles. The molecule has 10 heteroatoms. The van der Waals surface area contributed by atoms with E-state index in [1.54, 1.807) is 0 Å². The highest BCUT2D eigenvalue weighted by Crippen LogP contribution is 2.19. The number of aromatic nitrogens is 2. The number of halogens is 1. The molecule has 3 rings (SSSR count). The molecular weight excluding hydrogens is 373 g/mol. The first kappa shape index (κ1) is 19.2. The van der Waals surface area contributed by atoms with Crippen molar-refractivity contribution in [3.63, 3.8) is 0 Å². The van der Waals surface area contributed by atoms with Crippen LogP contribution in [0, 0.1) is 5.82 Å². The molecule has 1 aliphatic rings. The second-order valence-electron chi connectivity index (χ2n) is 6.41. The first-order chi connectivity index (χ1) is 12.7. The van der Waals surface area contributed by atoms with Gasteiger partial charge in [-0.3, -0.25) is 4.79 Å². The molecule has 27 heavy (non-hydrogen) atoms. The molecule has 0 aliphatic carbocycles. The second kappa shape index (κ2) is 7.57. The van der Waals surface area contributed by atoms with Gasteiger partial charge in [0.15, 0.2) is 5.78 Å². The maximum absolute atomic E-state index is 13.0. The molecule has 1 aromatic heterocycles. The summed E-state index contributed by atoms with van der Waals surface area (Å²) in [6, 6.07) is 5.16. The zero-order chi connectivity index (χ0) is 19.6. The van der Waals surface area contributed by atoms with Gasteiger partial charge in [-0.15, -0.1) is 0 Å². The predicted octanol–water partition coefficient (Wildman–Crippen LogP) is 1.26. The van der Waals surface area contributed by atoms with Crippen molar-refractivity contribution in [2.24, 2.45) is 0 Å². The van der Waals surface area contributed by atoms with Gasteiger partial charge in [-0.2, -0.15) is 4.98 Å². The van der Waals surface area contributed by atoms with Crippen LogP contribution in [0.1, 0.15) is 28.8 Å². The summed E-state index contributed by atoms with van der Waals surface area (Å²) in [6.07, 6.45) is 3.77. The molecule has 1 aromatic carbocycles. The Morgan fingerprint density at radius 2 is 1.89 bits per heavy atom. The smallest absolute Gasteiger partial charge is 0.224 e. The fraction of sp³-hybridized carbons (Fsp3) is 0.353. The SMILES string of the molecule is CS(=O)(=O)N1CCC(Nc2ncc(C(=O)c3ccc(F)cc3)c(N)n2)CC1. The van der Waals surface area contributed by atoms with Gasteiger partial charge in [0.1, 0.15) is 11.6 Å². The van der Waals surface area contributed by atoms with Crippen LogP contribution in [-0.2, 0) is 10.0 Å². The van der Waals surface area contributed by atoms with Gasteiger partial charge in [0.05, 0.1) is 11.8 Å². The lowest BCUT2D eigenvalue weighted by Gasteiger charge is -2.30. The second-order valence-corrected chi connectivity index (χ2v) is 8.39. The van der Waals surface area contributed by atoms with E-state index in [9.17, 15) is 17.6 Å². The molecule has 0 amide bonds. The quantitative estimate of drug-likeness (QED) is 0.734. The Bertz CT molecular complexity index is 942. The summed E-state index contributed by atoms with van der Waals surface area (Å²) in [6.45, 7) is 0.847. The van der Waals surface area contributed by atoms with Crippen LogP contribution in [0.15, 0.2) is 30.5 Å². The van der Waals surface area contributed by atoms with Crippen LogP contribution in [0.3, 0.4) is 0 Å². The van der Waals surface area contributed by atoms with E-state index in [-0.39, 0.29) is 29.2 Å². The summed E-state index contributed by atoms with van der Waals surface area (Å²) in [5.41, 5.74) is 6.33. The summed E-state index contributed by atoms with van der Waals surface area (Å²) in [5, 5.41) is 3.12. The zero-order valence-corrected chi connectivity index (χ0v) is 15.5. The number of carbonyl (C=O) groups is 1. The first-order valence-corrected chi connectivity index (χ1v) is 10.2. The third-order valence-electron chi connectivity index (χ3n) is 4.43. The van der Waals surface area contributed by atoms with E-state index >= 15 is 0 Å². The number of nitrogens with two attached hydrogens (primary N) is 1. The summed E-state index contributed by atoms with van der Waals surface area (Å²) < 4.78 is 37.5. The minimum atomic E-state index is -3.18. The lowest BCUT2D eigenvalue weighted by atomic mass is 10.1. The van der Waals surface area contributed by atoms with Crippen molar-refractivity contribution in [2.45, 2.75) is 18.9 Å². The van der Waals surface area contributed by atoms with Gasteiger partial charge in [-0.25, -0.2) is 22.1 Å². The number of anilines is 2. The number of nitrogens with one attached hydrogen (secondary N) is 1. The van der Waals surface area contributed by atoms with Gasteiger partial charge in [0.2, 0.25) is 16.0 Å². The lowest BCUT2D eigenvalue weighted by Crippen LogP contribution is -2.42. The van der Waals surface area contributed by atoms with Crippen molar-refractivity contribution in [3.05, 3.63) is 47.4 Å². The molecular formula is C17H20FN5O3S. The average Bonchev–Trinajstić information content (AvgIpc) is 2.62. The minimum absolute atomic E-state index is 0.0149. The predicted molar refractivity (Wildman–Crippen MR) is 99.3 cm³/mol. The molecule has 8 nitrogen and oxygen atoms in total. The monoisotopic (exact) mass is 393 g/mol. The molecule has 1 fully saturated rings. The number of rotatable bonds is 5. The molecule has 2 heterocycles. The van der Waals surface area contributed by atoms with Crippen LogP contribution >= 0.6 is 0 Å². The number of hydrogen-bond donors (Lipinski definition) is 2. The summed E-state index contributed by atoms with van der Waals surface area (Å²) in [7, 11) is -3.18. The Morgan fingerprint density at radius 1 is 1.26 bits per heavy atom. The largest absolute Gasteiger partial charge is 0.383 e. The highest BCUT2D eigenvalue weighted by molar-refractivity contribution is 7.88. The number of carbonyl (C=O) groups excluding carboxylic acids is 1. The van der Waals surface area contributed by atoms with Crippen molar-refractivity contribution >= 4 is 27.6 Å². The van der Waals surface area contributed by atoms with Crippen LogP contribution in [0.2, 0.25) is 0 Å². The van der Waals surface area contributed by atoms with Crippen LogP contribution in [0.4, 0.5) is 16.2 Å². The molecule has 0 bridgehead atoms. The maximum atomic E-state index is 13.0. The van der Waals surface area contributed by atoms with E-state index in [0.29, 0.717) is 31.5 Å². The number of ketones is 1. The van der Waals surface area contributed by atoms with Crippen molar-refractivity contribution in [2.75, 3.05) is 30.4 Å². The normalized spacial score (nSPS) is 16.2. The molecule has 144 valence electrons. The fourth-order valence-electron chi connectivity index (χ4n) is 2.91. The maximum Gasteiger partial charge on any atom is 0.224 e. The molecule has 2 aromatic rings. The number of piperidine rings is 1. The number of benzene rings is 1. The highest BCUT2D eigenvalue weighted by Gasteiger charge is 2.25. The first-order valence-electron chi connectivity index (χ1n) is 8.38. The zero-order valence-electron chi connectivity index (χ0n) is 14.7. The Kier molecular flexibility index (Phi) is 5.38. The number of nitrogen functional groups attached to an aromatic ring is 1. The molecule has 3 N–H and O–H groups in total. The van der Waals surface area contributed by atoms with Crippen molar-refractivity contribution < 1.29 is 17.6 Å². The molecule has 0 saturated carbocycles. The van der Waals surface area contributed by atoms with Gasteiger partial charge < -0.3 is 11.1 Å². The van der Waals surface area contributed by atoms with Crippen LogP contribution in [0.25, 0.3) is 0 Å². The van der Waals surface area contributed by atoms with Crippen molar-refractivity contribution in [1.82, 2.24) is 14.3 Å². The lowest BCUT2D eigenvalue weighted by molar-refractivity contribution is 0.103. The van der Waals surface area contributed by atoms with E-state index in [1.807, 2.05) is 0 Å². The molecule has 0 unspecified atom stereocenters. The number of nitrogens with zero attached hydrogens (tertiary/aromatic N) is 3. The average molecular weight is 393 g/mol. The topological polar surface area (TPSA) is 118 Å². The van der Waals surface area contributed by atoms with Crippen LogP contribution < -0.4 is 11.1 Å². The van der Waals surface area contributed by atoms with E-state index < -0.39 is 15.8 Å². The van der Waals surface area contributed by atoms with Gasteiger partial charge in [-0.1, -0.05) is 0 Å². The van der Waals surface area contributed by atoms with E-state index in [1.165, 1.54) is 41.0 Å². The van der Waals surface area contributed by atoms with E-state index in [0.717, 1.165) is 0 Å². The molecule has 0 radical (unpaired) electrons. The van der Waals surface area contributed by atoms with Crippen LogP contribution in [-0.4, -0.2) is 53.9 Å². The van der Waals surface area contributed by atoms with Gasteiger partial charge in [0, 0.05) is 30.9 Å². The van der Waals surface area contributed by atoms with Gasteiger partial charge >= 0.3 is 0 Å². The third-order valence-corrected chi connectivity index (χ3v) is 5.73. The van der Waals surface area contributed by atoms with Gasteiger partial charge in [0.25, 0.3) is 0 Å². The summed E-state index contributed by atoms with van der Waals surface area (Å²) in [4.78, 5) is 20.7. The Morgan fingerprint density at radius 3 is 2.44 bits per heavy atom. The number of sulfonamides is 1. The molecule has 1 saturated heterocycles. The van der Waals surface area contributed by atoms with Crippen molar-refractivity contribution in [1.29, 1.82) is 0 Å². The Labute approximate surface area is 156 Å². The molecule has 0 spiro atoms. The summed E-state index contributed by atoms with van der Waals surface area (Å²) in [5.74, 6) is -0.519. The van der Waals surface area contributed by atoms with E-state index in [2.05, 4.69) is 15.3 Å². The molecule has 0 atom stereocenters. The Balaban J connectivity index is 1.67. The fourth-order valence-corrected chi connectivity index (χ4v) is 3.78. The van der Waals surface area contributed by atoms with Gasteiger partial charge in [-0.05, 0) is 37.1 Å².